The molecule has 19 heavy (non-hydrogen) atoms. The minimum Gasteiger partial charge on any atom is -0.313 e. The minimum atomic E-state index is -0.684. The number of hydrogen-bond acceptors (Lipinski definition) is 3. The van der Waals surface area contributed by atoms with Crippen molar-refractivity contribution in [1.82, 2.24) is 15.1 Å². The van der Waals surface area contributed by atoms with Crippen LogP contribution in [0.25, 0.3) is 5.69 Å². The maximum atomic E-state index is 10.9. The van der Waals surface area contributed by atoms with Gasteiger partial charge in [0, 0.05) is 41.7 Å². The fourth-order valence-electron chi connectivity index (χ4n) is 1.82. The van der Waals surface area contributed by atoms with Gasteiger partial charge in [0.05, 0.1) is 5.69 Å². The van der Waals surface area contributed by atoms with Gasteiger partial charge in [0.2, 0.25) is 0 Å². The normalized spacial score (nSPS) is 12.5. The molecule has 102 valence electrons. The van der Waals surface area contributed by atoms with Gasteiger partial charge < -0.3 is 5.32 Å². The zero-order valence-electron chi connectivity index (χ0n) is 11.1. The first kappa shape index (κ1) is 14.0. The van der Waals surface area contributed by atoms with Crippen LogP contribution < -0.4 is 5.32 Å². The Morgan fingerprint density at radius 2 is 2.11 bits per heavy atom. The predicted molar refractivity (Wildman–Crippen MR) is 78.8 cm³/mol. The Balaban J connectivity index is 1.78. The van der Waals surface area contributed by atoms with E-state index in [4.69, 9.17) is 0 Å². The lowest BCUT2D eigenvalue weighted by molar-refractivity contribution is 0.662. The van der Waals surface area contributed by atoms with Crippen LogP contribution in [0.1, 0.15) is 12.0 Å². The van der Waals surface area contributed by atoms with Gasteiger partial charge >= 0.3 is 0 Å². The summed E-state index contributed by atoms with van der Waals surface area (Å²) in [5, 5.41) is 7.55. The summed E-state index contributed by atoms with van der Waals surface area (Å²) in [6.45, 7) is 1.75. The second kappa shape index (κ2) is 7.21. The highest BCUT2D eigenvalue weighted by Gasteiger charge is 1.97. The molecule has 4 nitrogen and oxygen atoms in total. The number of hydrogen-bond donors (Lipinski definition) is 1. The standard InChI is InChI=1S/C14H19N3OS/c1-19(18)11-3-8-15-12-13-4-6-14(7-5-13)17-10-2-9-16-17/h2,4-7,9-10,15H,3,8,11-12H2,1H3. The molecule has 0 aliphatic carbocycles. The smallest absolute Gasteiger partial charge is 0.0645 e. The molecule has 0 fully saturated rings. The van der Waals surface area contributed by atoms with Gasteiger partial charge in [-0.1, -0.05) is 12.1 Å². The molecule has 0 radical (unpaired) electrons. The van der Waals surface area contributed by atoms with E-state index < -0.39 is 10.8 Å². The molecule has 0 spiro atoms. The van der Waals surface area contributed by atoms with Gasteiger partial charge in [-0.2, -0.15) is 5.10 Å². The molecule has 0 amide bonds. The monoisotopic (exact) mass is 277 g/mol. The maximum absolute atomic E-state index is 10.9. The van der Waals surface area contributed by atoms with E-state index >= 15 is 0 Å². The molecular weight excluding hydrogens is 258 g/mol. The average Bonchev–Trinajstić information content (AvgIpc) is 2.93. The third-order valence-electron chi connectivity index (χ3n) is 2.82. The van der Waals surface area contributed by atoms with Crippen LogP contribution in [-0.2, 0) is 17.3 Å². The van der Waals surface area contributed by atoms with Crippen molar-refractivity contribution in [3.05, 3.63) is 48.3 Å². The Kier molecular flexibility index (Phi) is 5.30. The second-order valence-corrected chi connectivity index (χ2v) is 5.98. The van der Waals surface area contributed by atoms with Gasteiger partial charge in [0.1, 0.15) is 0 Å². The van der Waals surface area contributed by atoms with E-state index in [0.717, 1.165) is 31.0 Å². The summed E-state index contributed by atoms with van der Waals surface area (Å²) in [6, 6.07) is 10.2. The summed E-state index contributed by atoms with van der Waals surface area (Å²) in [6.07, 6.45) is 6.40. The van der Waals surface area contributed by atoms with Crippen LogP contribution in [0.5, 0.6) is 0 Å². The second-order valence-electron chi connectivity index (χ2n) is 4.42. The van der Waals surface area contributed by atoms with Gasteiger partial charge in [-0.05, 0) is 36.7 Å². The molecule has 1 N–H and O–H groups in total. The van der Waals surface area contributed by atoms with Crippen LogP contribution in [-0.4, -0.2) is 32.5 Å². The average molecular weight is 277 g/mol. The van der Waals surface area contributed by atoms with Crippen molar-refractivity contribution in [2.75, 3.05) is 18.6 Å². The topological polar surface area (TPSA) is 46.9 Å². The fourth-order valence-corrected chi connectivity index (χ4v) is 2.37. The lowest BCUT2D eigenvalue weighted by Gasteiger charge is -2.06. The van der Waals surface area contributed by atoms with E-state index in [-0.39, 0.29) is 0 Å². The number of aromatic nitrogens is 2. The fraction of sp³-hybridized carbons (Fsp3) is 0.357. The Morgan fingerprint density at radius 1 is 1.32 bits per heavy atom. The van der Waals surface area contributed by atoms with Crippen molar-refractivity contribution < 1.29 is 4.21 Å². The van der Waals surface area contributed by atoms with Crippen molar-refractivity contribution in [1.29, 1.82) is 0 Å². The van der Waals surface area contributed by atoms with Crippen LogP contribution in [0, 0.1) is 0 Å². The molecule has 0 saturated carbocycles. The van der Waals surface area contributed by atoms with Crippen molar-refractivity contribution in [3.8, 4) is 5.69 Å². The van der Waals surface area contributed by atoms with E-state index in [1.807, 2.05) is 16.9 Å². The molecule has 1 unspecified atom stereocenters. The Bertz CT molecular complexity index is 508. The van der Waals surface area contributed by atoms with Crippen LogP contribution >= 0.6 is 0 Å². The molecular formula is C14H19N3OS. The van der Waals surface area contributed by atoms with E-state index in [1.54, 1.807) is 12.5 Å². The molecule has 1 aromatic heterocycles. The van der Waals surface area contributed by atoms with Gasteiger partial charge in [-0.3, -0.25) is 4.21 Å². The summed E-state index contributed by atoms with van der Waals surface area (Å²) < 4.78 is 12.7. The van der Waals surface area contributed by atoms with Crippen LogP contribution in [0.2, 0.25) is 0 Å². The van der Waals surface area contributed by atoms with Gasteiger partial charge in [0.25, 0.3) is 0 Å². The first-order valence-electron chi connectivity index (χ1n) is 6.35. The van der Waals surface area contributed by atoms with Gasteiger partial charge in [0.15, 0.2) is 0 Å². The molecule has 5 heteroatoms. The third kappa shape index (κ3) is 4.61. The first-order chi connectivity index (χ1) is 9.25. The van der Waals surface area contributed by atoms with E-state index in [1.165, 1.54) is 5.56 Å². The number of nitrogens with zero attached hydrogens (tertiary/aromatic N) is 2. The number of nitrogens with one attached hydrogen (secondary N) is 1. The molecule has 0 bridgehead atoms. The first-order valence-corrected chi connectivity index (χ1v) is 8.08. The Morgan fingerprint density at radius 3 is 2.74 bits per heavy atom. The van der Waals surface area contributed by atoms with Crippen molar-refractivity contribution in [3.63, 3.8) is 0 Å². The van der Waals surface area contributed by atoms with Gasteiger partial charge in [-0.25, -0.2) is 4.68 Å². The summed E-state index contributed by atoms with van der Waals surface area (Å²) in [4.78, 5) is 0. The van der Waals surface area contributed by atoms with Crippen LogP contribution in [0.15, 0.2) is 42.7 Å². The summed E-state index contributed by atoms with van der Waals surface area (Å²) in [5.41, 5.74) is 2.31. The SMILES string of the molecule is CS(=O)CCCNCc1ccc(-n2cccn2)cc1. The minimum absolute atomic E-state index is 0.684. The lowest BCUT2D eigenvalue weighted by Crippen LogP contribution is -2.16. The van der Waals surface area contributed by atoms with E-state index in [9.17, 15) is 4.21 Å². The number of rotatable bonds is 7. The van der Waals surface area contributed by atoms with Crippen LogP contribution in [0.4, 0.5) is 0 Å². The summed E-state index contributed by atoms with van der Waals surface area (Å²) in [7, 11) is -0.684. The molecule has 1 aromatic carbocycles. The molecule has 0 saturated heterocycles. The predicted octanol–water partition coefficient (Wildman–Crippen LogP) is 1.73. The molecule has 1 atom stereocenters. The molecule has 2 rings (SSSR count). The molecule has 0 aliphatic heterocycles. The van der Waals surface area contributed by atoms with E-state index in [2.05, 4.69) is 34.7 Å². The Hall–Kier alpha value is -1.46. The molecule has 2 aromatic rings. The summed E-state index contributed by atoms with van der Waals surface area (Å²) in [5.74, 6) is 0.769. The lowest BCUT2D eigenvalue weighted by atomic mass is 10.2. The highest BCUT2D eigenvalue weighted by molar-refractivity contribution is 7.84. The molecule has 1 heterocycles. The van der Waals surface area contributed by atoms with Gasteiger partial charge in [-0.15, -0.1) is 0 Å². The number of benzene rings is 1. The zero-order chi connectivity index (χ0) is 13.5. The van der Waals surface area contributed by atoms with Crippen LogP contribution in [0.3, 0.4) is 0 Å². The third-order valence-corrected chi connectivity index (χ3v) is 3.68. The van der Waals surface area contributed by atoms with Crippen molar-refractivity contribution in [2.45, 2.75) is 13.0 Å². The highest BCUT2D eigenvalue weighted by atomic mass is 32.2. The largest absolute Gasteiger partial charge is 0.313 e. The van der Waals surface area contributed by atoms with Crippen molar-refractivity contribution in [2.24, 2.45) is 0 Å². The van der Waals surface area contributed by atoms with E-state index in [0.29, 0.717) is 0 Å². The zero-order valence-corrected chi connectivity index (χ0v) is 11.9. The van der Waals surface area contributed by atoms with Crippen molar-refractivity contribution >= 4 is 10.8 Å². The quantitative estimate of drug-likeness (QED) is 0.784. The molecule has 0 aliphatic rings. The maximum Gasteiger partial charge on any atom is 0.0645 e. The highest BCUT2D eigenvalue weighted by Crippen LogP contribution is 2.08. The Labute approximate surface area is 116 Å². The summed E-state index contributed by atoms with van der Waals surface area (Å²) >= 11 is 0.